The summed E-state index contributed by atoms with van der Waals surface area (Å²) in [4.78, 5) is 15.8. The second kappa shape index (κ2) is 5.22. The molecule has 98 valence electrons. The zero-order chi connectivity index (χ0) is 13.9. The van der Waals surface area contributed by atoms with Gasteiger partial charge in [0.15, 0.2) is 0 Å². The predicted octanol–water partition coefficient (Wildman–Crippen LogP) is 2.98. The van der Waals surface area contributed by atoms with Crippen molar-refractivity contribution in [2.45, 2.75) is 25.7 Å². The summed E-state index contributed by atoms with van der Waals surface area (Å²) in [5, 5.41) is 9.65. The van der Waals surface area contributed by atoms with Crippen molar-refractivity contribution < 1.29 is 9.90 Å². The Morgan fingerprint density at radius 3 is 2.58 bits per heavy atom. The standard InChI is InChI=1S/C16H17NO2/c1-12-6-3-4-8-14(12)16(2,15(18)19)10-13-7-5-9-17-11-13/h3-9,11H,10H2,1-2H3,(H,18,19). The van der Waals surface area contributed by atoms with Crippen LogP contribution in [0.2, 0.25) is 0 Å². The highest BCUT2D eigenvalue weighted by molar-refractivity contribution is 5.81. The number of benzene rings is 1. The van der Waals surface area contributed by atoms with Gasteiger partial charge in [-0.2, -0.15) is 0 Å². The van der Waals surface area contributed by atoms with E-state index in [1.807, 2.05) is 43.3 Å². The first-order valence-corrected chi connectivity index (χ1v) is 6.22. The number of rotatable bonds is 4. The number of hydrogen-bond acceptors (Lipinski definition) is 2. The third-order valence-electron chi connectivity index (χ3n) is 3.49. The van der Waals surface area contributed by atoms with Crippen molar-refractivity contribution in [3.8, 4) is 0 Å². The van der Waals surface area contributed by atoms with Crippen LogP contribution in [0.1, 0.15) is 23.6 Å². The Morgan fingerprint density at radius 1 is 1.26 bits per heavy atom. The monoisotopic (exact) mass is 255 g/mol. The third kappa shape index (κ3) is 2.65. The molecule has 1 heterocycles. The third-order valence-corrected chi connectivity index (χ3v) is 3.49. The summed E-state index contributed by atoms with van der Waals surface area (Å²) in [7, 11) is 0. The normalized spacial score (nSPS) is 13.8. The Kier molecular flexibility index (Phi) is 3.65. The highest BCUT2D eigenvalue weighted by Crippen LogP contribution is 2.30. The molecule has 1 N–H and O–H groups in total. The lowest BCUT2D eigenvalue weighted by Gasteiger charge is -2.27. The van der Waals surface area contributed by atoms with Gasteiger partial charge in [-0.25, -0.2) is 0 Å². The Morgan fingerprint density at radius 2 is 2.00 bits per heavy atom. The number of aromatic nitrogens is 1. The fourth-order valence-corrected chi connectivity index (χ4v) is 2.39. The van der Waals surface area contributed by atoms with Crippen LogP contribution in [0.4, 0.5) is 0 Å². The quantitative estimate of drug-likeness (QED) is 0.913. The van der Waals surface area contributed by atoms with Crippen LogP contribution in [0, 0.1) is 6.92 Å². The number of carbonyl (C=O) groups is 1. The summed E-state index contributed by atoms with van der Waals surface area (Å²) in [5.74, 6) is -0.814. The molecule has 19 heavy (non-hydrogen) atoms. The highest BCUT2D eigenvalue weighted by Gasteiger charge is 2.36. The number of hydrogen-bond donors (Lipinski definition) is 1. The van der Waals surface area contributed by atoms with E-state index in [1.54, 1.807) is 19.3 Å². The maximum atomic E-state index is 11.8. The van der Waals surface area contributed by atoms with Gasteiger partial charge in [-0.1, -0.05) is 30.3 Å². The van der Waals surface area contributed by atoms with Crippen LogP contribution >= 0.6 is 0 Å². The van der Waals surface area contributed by atoms with E-state index in [-0.39, 0.29) is 0 Å². The fraction of sp³-hybridized carbons (Fsp3) is 0.250. The largest absolute Gasteiger partial charge is 0.481 e. The van der Waals surface area contributed by atoms with Crippen molar-refractivity contribution >= 4 is 5.97 Å². The SMILES string of the molecule is Cc1ccccc1C(C)(Cc1cccnc1)C(=O)O. The predicted molar refractivity (Wildman–Crippen MR) is 74.1 cm³/mol. The molecule has 1 unspecified atom stereocenters. The Labute approximate surface area is 112 Å². The Balaban J connectivity index is 2.45. The van der Waals surface area contributed by atoms with E-state index in [1.165, 1.54) is 0 Å². The van der Waals surface area contributed by atoms with Crippen LogP contribution in [-0.4, -0.2) is 16.1 Å². The molecule has 0 radical (unpaired) electrons. The molecule has 0 bridgehead atoms. The number of aryl methyl sites for hydroxylation is 1. The van der Waals surface area contributed by atoms with Gasteiger partial charge < -0.3 is 5.11 Å². The molecule has 0 aliphatic rings. The summed E-state index contributed by atoms with van der Waals surface area (Å²) >= 11 is 0. The molecule has 0 saturated carbocycles. The lowest BCUT2D eigenvalue weighted by atomic mass is 9.76. The molecule has 0 aliphatic heterocycles. The summed E-state index contributed by atoms with van der Waals surface area (Å²) in [6.45, 7) is 3.71. The van der Waals surface area contributed by atoms with Crippen molar-refractivity contribution in [1.82, 2.24) is 4.98 Å². The number of nitrogens with zero attached hydrogens (tertiary/aromatic N) is 1. The molecular weight excluding hydrogens is 238 g/mol. The molecule has 0 amide bonds. The van der Waals surface area contributed by atoms with Crippen LogP contribution < -0.4 is 0 Å². The molecule has 2 aromatic rings. The number of carboxylic acid groups (broad SMARTS) is 1. The minimum absolute atomic E-state index is 0.432. The summed E-state index contributed by atoms with van der Waals surface area (Å²) in [6.07, 6.45) is 3.84. The molecule has 1 aromatic carbocycles. The zero-order valence-electron chi connectivity index (χ0n) is 11.1. The van der Waals surface area contributed by atoms with Gasteiger partial charge in [-0.3, -0.25) is 9.78 Å². The molecule has 0 fully saturated rings. The average Bonchev–Trinajstić information content (AvgIpc) is 2.40. The van der Waals surface area contributed by atoms with Crippen molar-refractivity contribution in [2.75, 3.05) is 0 Å². The zero-order valence-corrected chi connectivity index (χ0v) is 11.1. The Bertz CT molecular complexity index is 580. The maximum Gasteiger partial charge on any atom is 0.314 e. The van der Waals surface area contributed by atoms with E-state index >= 15 is 0 Å². The van der Waals surface area contributed by atoms with E-state index in [9.17, 15) is 9.90 Å². The lowest BCUT2D eigenvalue weighted by molar-refractivity contribution is -0.143. The molecule has 0 spiro atoms. The van der Waals surface area contributed by atoms with Crippen molar-refractivity contribution in [2.24, 2.45) is 0 Å². The molecule has 2 rings (SSSR count). The van der Waals surface area contributed by atoms with E-state index in [0.717, 1.165) is 16.7 Å². The van der Waals surface area contributed by atoms with Gasteiger partial charge >= 0.3 is 5.97 Å². The lowest BCUT2D eigenvalue weighted by Crippen LogP contribution is -2.35. The minimum Gasteiger partial charge on any atom is -0.481 e. The van der Waals surface area contributed by atoms with Crippen LogP contribution in [0.5, 0.6) is 0 Å². The number of pyridine rings is 1. The second-order valence-corrected chi connectivity index (χ2v) is 4.99. The first kappa shape index (κ1) is 13.3. The van der Waals surface area contributed by atoms with Gasteiger partial charge in [0.2, 0.25) is 0 Å². The van der Waals surface area contributed by atoms with Crippen molar-refractivity contribution in [1.29, 1.82) is 0 Å². The fourth-order valence-electron chi connectivity index (χ4n) is 2.39. The van der Waals surface area contributed by atoms with Gasteiger partial charge in [0.05, 0.1) is 5.41 Å². The molecule has 0 aliphatic carbocycles. The first-order valence-electron chi connectivity index (χ1n) is 6.22. The maximum absolute atomic E-state index is 11.8. The van der Waals surface area contributed by atoms with E-state index in [0.29, 0.717) is 6.42 Å². The smallest absolute Gasteiger partial charge is 0.314 e. The van der Waals surface area contributed by atoms with Gasteiger partial charge in [-0.15, -0.1) is 0 Å². The summed E-state index contributed by atoms with van der Waals surface area (Å²) in [6, 6.07) is 11.4. The van der Waals surface area contributed by atoms with Gasteiger partial charge in [0, 0.05) is 12.4 Å². The van der Waals surface area contributed by atoms with E-state index in [4.69, 9.17) is 0 Å². The molecular formula is C16H17NO2. The summed E-state index contributed by atoms with van der Waals surface area (Å²) < 4.78 is 0. The van der Waals surface area contributed by atoms with Crippen molar-refractivity contribution in [3.63, 3.8) is 0 Å². The highest BCUT2D eigenvalue weighted by atomic mass is 16.4. The first-order chi connectivity index (χ1) is 9.04. The molecule has 3 nitrogen and oxygen atoms in total. The summed E-state index contributed by atoms with van der Waals surface area (Å²) in [5.41, 5.74) is 1.84. The van der Waals surface area contributed by atoms with Gasteiger partial charge in [0.25, 0.3) is 0 Å². The van der Waals surface area contributed by atoms with Gasteiger partial charge in [0.1, 0.15) is 0 Å². The number of carboxylic acids is 1. The topological polar surface area (TPSA) is 50.2 Å². The van der Waals surface area contributed by atoms with Crippen LogP contribution in [0.25, 0.3) is 0 Å². The van der Waals surface area contributed by atoms with Crippen LogP contribution in [0.3, 0.4) is 0 Å². The molecule has 3 heteroatoms. The van der Waals surface area contributed by atoms with Crippen LogP contribution in [-0.2, 0) is 16.6 Å². The van der Waals surface area contributed by atoms with Crippen molar-refractivity contribution in [3.05, 3.63) is 65.5 Å². The number of aliphatic carboxylic acids is 1. The Hall–Kier alpha value is -2.16. The second-order valence-electron chi connectivity index (χ2n) is 4.99. The van der Waals surface area contributed by atoms with E-state index < -0.39 is 11.4 Å². The minimum atomic E-state index is -0.936. The molecule has 1 aromatic heterocycles. The molecule has 0 saturated heterocycles. The molecule has 1 atom stereocenters. The average molecular weight is 255 g/mol. The van der Waals surface area contributed by atoms with Gasteiger partial charge in [-0.05, 0) is 43.0 Å². The van der Waals surface area contributed by atoms with Crippen LogP contribution in [0.15, 0.2) is 48.8 Å². The van der Waals surface area contributed by atoms with E-state index in [2.05, 4.69) is 4.98 Å².